The average molecular weight is 454 g/mol. The summed E-state index contributed by atoms with van der Waals surface area (Å²) in [4.78, 5) is 22.5. The summed E-state index contributed by atoms with van der Waals surface area (Å²) in [6, 6.07) is 22.4. The predicted octanol–water partition coefficient (Wildman–Crippen LogP) is 4.33. The molecule has 1 aliphatic rings. The number of nitrogens with one attached hydrogen (secondary N) is 2. The van der Waals surface area contributed by atoms with Gasteiger partial charge in [-0.15, -0.1) is 0 Å². The van der Waals surface area contributed by atoms with Crippen LogP contribution in [0, 0.1) is 0 Å². The highest BCUT2D eigenvalue weighted by Crippen LogP contribution is 2.27. The molecule has 0 bridgehead atoms. The van der Waals surface area contributed by atoms with E-state index < -0.39 is 0 Å². The third-order valence-electron chi connectivity index (χ3n) is 5.99. The van der Waals surface area contributed by atoms with Crippen molar-refractivity contribution in [2.24, 2.45) is 5.10 Å². The van der Waals surface area contributed by atoms with Gasteiger partial charge in [-0.25, -0.2) is 10.4 Å². The van der Waals surface area contributed by atoms with Crippen molar-refractivity contribution in [2.45, 2.75) is 26.4 Å². The van der Waals surface area contributed by atoms with Crippen molar-refractivity contribution in [3.63, 3.8) is 0 Å². The summed E-state index contributed by atoms with van der Waals surface area (Å²) in [6.45, 7) is 4.78. The van der Waals surface area contributed by atoms with Crippen LogP contribution in [-0.2, 0) is 19.5 Å². The molecule has 0 spiro atoms. The zero-order valence-corrected chi connectivity index (χ0v) is 19.1. The number of benzene rings is 3. The Morgan fingerprint density at radius 3 is 2.79 bits per heavy atom. The minimum absolute atomic E-state index is 0.124. The lowest BCUT2D eigenvalue weighted by molar-refractivity contribution is 0.242. The van der Waals surface area contributed by atoms with E-state index in [1.54, 1.807) is 6.21 Å². The first-order chi connectivity index (χ1) is 16.7. The Morgan fingerprint density at radius 1 is 1.12 bits per heavy atom. The quantitative estimate of drug-likeness (QED) is 0.322. The zero-order chi connectivity index (χ0) is 23.3. The number of hydrazone groups is 1. The molecule has 5 rings (SSSR count). The molecule has 1 aromatic heterocycles. The average Bonchev–Trinajstić information content (AvgIpc) is 2.86. The molecule has 0 aliphatic carbocycles. The number of H-pyrrole nitrogens is 1. The van der Waals surface area contributed by atoms with E-state index in [0.29, 0.717) is 19.1 Å². The van der Waals surface area contributed by atoms with Crippen LogP contribution in [0.25, 0.3) is 10.8 Å². The van der Waals surface area contributed by atoms with E-state index in [1.807, 2.05) is 55.5 Å². The second-order valence-electron chi connectivity index (χ2n) is 8.29. The van der Waals surface area contributed by atoms with E-state index in [1.165, 1.54) is 5.56 Å². The van der Waals surface area contributed by atoms with Gasteiger partial charge >= 0.3 is 0 Å². The van der Waals surface area contributed by atoms with Gasteiger partial charge in [0.05, 0.1) is 24.1 Å². The van der Waals surface area contributed by atoms with Gasteiger partial charge in [0.25, 0.3) is 5.56 Å². The van der Waals surface area contributed by atoms with Crippen molar-refractivity contribution >= 4 is 22.9 Å². The molecule has 172 valence electrons. The monoisotopic (exact) mass is 453 g/mol. The molecule has 0 saturated carbocycles. The Balaban J connectivity index is 1.34. The number of nitrogens with zero attached hydrogens (tertiary/aromatic N) is 3. The predicted molar refractivity (Wildman–Crippen MR) is 135 cm³/mol. The Kier molecular flexibility index (Phi) is 6.35. The van der Waals surface area contributed by atoms with Crippen molar-refractivity contribution in [3.8, 4) is 5.75 Å². The van der Waals surface area contributed by atoms with Gasteiger partial charge in [-0.2, -0.15) is 5.10 Å². The highest BCUT2D eigenvalue weighted by Gasteiger charge is 2.21. The second kappa shape index (κ2) is 9.89. The molecule has 0 saturated heterocycles. The highest BCUT2D eigenvalue weighted by atomic mass is 16.5. The standard InChI is InChI=1S/C27H27N5O2/c1-2-34-25-13-12-20-10-6-7-11-21(20)22(25)16-28-31-27-29-24-14-15-32(18-23(24)26(33)30-27)17-19-8-4-3-5-9-19/h3-13,16H,2,14-15,17-18H2,1H3,(H2,29,30,31,33)/b28-16-. The van der Waals surface area contributed by atoms with Gasteiger partial charge in [-0.3, -0.25) is 14.7 Å². The van der Waals surface area contributed by atoms with Crippen LogP contribution in [0.4, 0.5) is 5.95 Å². The Morgan fingerprint density at radius 2 is 1.94 bits per heavy atom. The highest BCUT2D eigenvalue weighted by molar-refractivity contribution is 6.02. The molecular weight excluding hydrogens is 426 g/mol. The molecule has 2 N–H and O–H groups in total. The van der Waals surface area contributed by atoms with E-state index in [2.05, 4.69) is 43.6 Å². The van der Waals surface area contributed by atoms with Gasteiger partial charge in [-0.05, 0) is 29.3 Å². The zero-order valence-electron chi connectivity index (χ0n) is 19.1. The van der Waals surface area contributed by atoms with Crippen molar-refractivity contribution in [2.75, 3.05) is 18.6 Å². The van der Waals surface area contributed by atoms with Crippen LogP contribution < -0.4 is 15.7 Å². The third-order valence-corrected chi connectivity index (χ3v) is 5.99. The van der Waals surface area contributed by atoms with Gasteiger partial charge in [0.1, 0.15) is 5.75 Å². The SMILES string of the molecule is CCOc1ccc2ccccc2c1/C=N\Nc1nc2c(c(=O)[nH]1)CN(Cc1ccccc1)CC2. The molecule has 7 heteroatoms. The number of aromatic nitrogens is 2. The van der Waals surface area contributed by atoms with Crippen LogP contribution >= 0.6 is 0 Å². The Hall–Kier alpha value is -3.97. The summed E-state index contributed by atoms with van der Waals surface area (Å²) < 4.78 is 5.80. The minimum atomic E-state index is -0.124. The number of fused-ring (bicyclic) bond motifs is 2. The number of hydrogen-bond acceptors (Lipinski definition) is 6. The molecule has 0 unspecified atom stereocenters. The van der Waals surface area contributed by atoms with E-state index >= 15 is 0 Å². The first-order valence-electron chi connectivity index (χ1n) is 11.5. The maximum absolute atomic E-state index is 12.8. The van der Waals surface area contributed by atoms with Gasteiger partial charge < -0.3 is 4.74 Å². The molecule has 2 heterocycles. The summed E-state index contributed by atoms with van der Waals surface area (Å²) in [7, 11) is 0. The van der Waals surface area contributed by atoms with Crippen LogP contribution in [0.15, 0.2) is 76.6 Å². The van der Waals surface area contributed by atoms with Crippen molar-refractivity contribution in [3.05, 3.63) is 99.5 Å². The van der Waals surface area contributed by atoms with Gasteiger partial charge in [0.2, 0.25) is 5.95 Å². The maximum atomic E-state index is 12.8. The normalized spacial score (nSPS) is 13.8. The van der Waals surface area contributed by atoms with Crippen molar-refractivity contribution < 1.29 is 4.74 Å². The molecule has 1 aliphatic heterocycles. The molecule has 7 nitrogen and oxygen atoms in total. The third kappa shape index (κ3) is 4.70. The van der Waals surface area contributed by atoms with Gasteiger partial charge in [-0.1, -0.05) is 60.7 Å². The maximum Gasteiger partial charge on any atom is 0.257 e. The fourth-order valence-corrected chi connectivity index (χ4v) is 4.36. The lowest BCUT2D eigenvalue weighted by Gasteiger charge is -2.27. The molecule has 34 heavy (non-hydrogen) atoms. The van der Waals surface area contributed by atoms with Gasteiger partial charge in [0.15, 0.2) is 0 Å². The number of rotatable bonds is 7. The lowest BCUT2D eigenvalue weighted by Crippen LogP contribution is -2.35. The molecular formula is C27H27N5O2. The van der Waals surface area contributed by atoms with E-state index in [-0.39, 0.29) is 5.56 Å². The van der Waals surface area contributed by atoms with E-state index in [4.69, 9.17) is 4.74 Å². The summed E-state index contributed by atoms with van der Waals surface area (Å²) in [5.74, 6) is 1.10. The van der Waals surface area contributed by atoms with Crippen LogP contribution in [0.5, 0.6) is 5.75 Å². The summed E-state index contributed by atoms with van der Waals surface area (Å²) in [5, 5.41) is 6.52. The topological polar surface area (TPSA) is 82.6 Å². The first kappa shape index (κ1) is 21.9. The van der Waals surface area contributed by atoms with E-state index in [9.17, 15) is 4.79 Å². The lowest BCUT2D eigenvalue weighted by atomic mass is 10.0. The summed E-state index contributed by atoms with van der Waals surface area (Å²) in [6.07, 6.45) is 2.44. The first-order valence-corrected chi connectivity index (χ1v) is 11.5. The number of anilines is 1. The number of hydrogen-bond donors (Lipinski definition) is 2. The summed E-state index contributed by atoms with van der Waals surface area (Å²) >= 11 is 0. The molecule has 0 radical (unpaired) electrons. The van der Waals surface area contributed by atoms with Crippen molar-refractivity contribution in [1.29, 1.82) is 0 Å². The Labute approximate surface area is 198 Å². The van der Waals surface area contributed by atoms with E-state index in [0.717, 1.165) is 52.9 Å². The fraction of sp³-hybridized carbons (Fsp3) is 0.222. The van der Waals surface area contributed by atoms with Crippen LogP contribution in [0.2, 0.25) is 0 Å². The van der Waals surface area contributed by atoms with Gasteiger partial charge in [0, 0.05) is 31.6 Å². The van der Waals surface area contributed by atoms with Crippen molar-refractivity contribution in [1.82, 2.24) is 14.9 Å². The van der Waals surface area contributed by atoms with Crippen LogP contribution in [0.3, 0.4) is 0 Å². The largest absolute Gasteiger partial charge is 0.493 e. The molecule has 0 amide bonds. The number of aromatic amines is 1. The smallest absolute Gasteiger partial charge is 0.257 e. The molecule has 0 fully saturated rings. The second-order valence-corrected chi connectivity index (χ2v) is 8.29. The molecule has 4 aromatic rings. The van der Waals surface area contributed by atoms with Crippen LogP contribution in [-0.4, -0.2) is 34.2 Å². The molecule has 0 atom stereocenters. The number of ether oxygens (including phenoxy) is 1. The molecule has 3 aromatic carbocycles. The van der Waals surface area contributed by atoms with Crippen LogP contribution in [0.1, 0.15) is 29.3 Å². The summed E-state index contributed by atoms with van der Waals surface area (Å²) in [5.41, 5.74) is 6.45. The minimum Gasteiger partial charge on any atom is -0.493 e. The fourth-order valence-electron chi connectivity index (χ4n) is 4.36. The Bertz CT molecular complexity index is 1380.